The summed E-state index contributed by atoms with van der Waals surface area (Å²) in [6.45, 7) is 2.86. The number of esters is 1. The molecular weight excluding hydrogens is 216 g/mol. The Morgan fingerprint density at radius 2 is 2.06 bits per heavy atom. The summed E-state index contributed by atoms with van der Waals surface area (Å²) < 4.78 is 10.4. The minimum Gasteiger partial charge on any atom is -0.464 e. The number of carbonyl (C=O) groups excluding carboxylic acids is 1. The van der Waals surface area contributed by atoms with Gasteiger partial charge in [-0.05, 0) is 25.7 Å². The van der Waals surface area contributed by atoms with Crippen molar-refractivity contribution < 1.29 is 14.3 Å². The van der Waals surface area contributed by atoms with Gasteiger partial charge in [0.1, 0.15) is 0 Å². The van der Waals surface area contributed by atoms with Crippen molar-refractivity contribution in [2.24, 2.45) is 5.92 Å². The fourth-order valence-electron chi connectivity index (χ4n) is 2.87. The highest BCUT2D eigenvalue weighted by molar-refractivity contribution is 5.82. The van der Waals surface area contributed by atoms with Gasteiger partial charge in [0.2, 0.25) is 0 Å². The molecule has 0 amide bonds. The van der Waals surface area contributed by atoms with E-state index >= 15 is 0 Å². The van der Waals surface area contributed by atoms with Gasteiger partial charge in [0.15, 0.2) is 5.60 Å². The van der Waals surface area contributed by atoms with E-state index in [0.29, 0.717) is 13.2 Å². The van der Waals surface area contributed by atoms with Gasteiger partial charge in [-0.2, -0.15) is 0 Å². The molecule has 0 bridgehead atoms. The van der Waals surface area contributed by atoms with Crippen LogP contribution in [0.25, 0.3) is 0 Å². The molecular formula is C14H24O3. The maximum absolute atomic E-state index is 11.7. The highest BCUT2D eigenvalue weighted by atomic mass is 16.6. The van der Waals surface area contributed by atoms with Crippen LogP contribution in [0.1, 0.15) is 58.3 Å². The Hall–Kier alpha value is -0.570. The molecule has 0 N–H and O–H groups in total. The molecule has 1 aliphatic heterocycles. The first-order valence-electron chi connectivity index (χ1n) is 7.08. The summed E-state index contributed by atoms with van der Waals surface area (Å²) >= 11 is 0. The number of hydrogen-bond acceptors (Lipinski definition) is 3. The third-order valence-corrected chi connectivity index (χ3v) is 4.06. The first kappa shape index (κ1) is 12.9. The molecule has 17 heavy (non-hydrogen) atoms. The van der Waals surface area contributed by atoms with E-state index in [1.807, 2.05) is 6.92 Å². The Morgan fingerprint density at radius 3 is 2.65 bits per heavy atom. The second kappa shape index (κ2) is 5.85. The van der Waals surface area contributed by atoms with Gasteiger partial charge < -0.3 is 9.47 Å². The third-order valence-electron chi connectivity index (χ3n) is 4.06. The van der Waals surface area contributed by atoms with Crippen LogP contribution in [0.3, 0.4) is 0 Å². The minimum atomic E-state index is -0.551. The Bertz CT molecular complexity index is 252. The molecule has 0 spiro atoms. The minimum absolute atomic E-state index is 0.149. The van der Waals surface area contributed by atoms with Crippen molar-refractivity contribution in [2.45, 2.75) is 63.9 Å². The first-order valence-corrected chi connectivity index (χ1v) is 7.08. The summed E-state index contributed by atoms with van der Waals surface area (Å²) in [6.07, 6.45) is 10.2. The van der Waals surface area contributed by atoms with E-state index in [2.05, 4.69) is 0 Å². The molecule has 1 heterocycles. The van der Waals surface area contributed by atoms with E-state index in [9.17, 15) is 4.79 Å². The number of carbonyl (C=O) groups is 1. The number of rotatable bonds is 6. The van der Waals surface area contributed by atoms with Crippen LogP contribution < -0.4 is 0 Å². The van der Waals surface area contributed by atoms with Gasteiger partial charge in [-0.3, -0.25) is 0 Å². The van der Waals surface area contributed by atoms with E-state index in [1.165, 1.54) is 38.5 Å². The lowest BCUT2D eigenvalue weighted by Gasteiger charge is -2.21. The summed E-state index contributed by atoms with van der Waals surface area (Å²) in [7, 11) is 0. The largest absolute Gasteiger partial charge is 0.464 e. The van der Waals surface area contributed by atoms with Gasteiger partial charge >= 0.3 is 5.97 Å². The fourth-order valence-corrected chi connectivity index (χ4v) is 2.87. The summed E-state index contributed by atoms with van der Waals surface area (Å²) in [4.78, 5) is 11.7. The molecule has 1 aliphatic carbocycles. The van der Waals surface area contributed by atoms with Crippen LogP contribution >= 0.6 is 0 Å². The molecule has 2 aliphatic rings. The van der Waals surface area contributed by atoms with Gasteiger partial charge in [0.05, 0.1) is 13.2 Å². The van der Waals surface area contributed by atoms with E-state index in [4.69, 9.17) is 9.47 Å². The van der Waals surface area contributed by atoms with Crippen molar-refractivity contribution in [2.75, 3.05) is 13.2 Å². The lowest BCUT2D eigenvalue weighted by atomic mass is 9.85. The lowest BCUT2D eigenvalue weighted by Crippen LogP contribution is -2.27. The summed E-state index contributed by atoms with van der Waals surface area (Å²) in [5, 5.41) is 0. The molecule has 98 valence electrons. The highest BCUT2D eigenvalue weighted by Crippen LogP contribution is 2.36. The van der Waals surface area contributed by atoms with Gasteiger partial charge in [-0.1, -0.05) is 38.5 Å². The second-order valence-corrected chi connectivity index (χ2v) is 5.40. The van der Waals surface area contributed by atoms with Crippen molar-refractivity contribution in [3.05, 3.63) is 0 Å². The second-order valence-electron chi connectivity index (χ2n) is 5.40. The average Bonchev–Trinajstić information content (AvgIpc) is 3.12. The van der Waals surface area contributed by atoms with E-state index in [-0.39, 0.29) is 5.97 Å². The van der Waals surface area contributed by atoms with Crippen LogP contribution in [-0.4, -0.2) is 24.8 Å². The van der Waals surface area contributed by atoms with E-state index in [1.54, 1.807) is 0 Å². The van der Waals surface area contributed by atoms with Gasteiger partial charge in [0.25, 0.3) is 0 Å². The number of ether oxygens (including phenoxy) is 2. The Balaban J connectivity index is 1.65. The summed E-state index contributed by atoms with van der Waals surface area (Å²) in [6, 6.07) is 0. The average molecular weight is 240 g/mol. The molecule has 3 nitrogen and oxygen atoms in total. The van der Waals surface area contributed by atoms with Crippen LogP contribution in [0, 0.1) is 5.92 Å². The Morgan fingerprint density at radius 1 is 1.35 bits per heavy atom. The summed E-state index contributed by atoms with van der Waals surface area (Å²) in [5.41, 5.74) is -0.551. The van der Waals surface area contributed by atoms with Crippen LogP contribution in [0.5, 0.6) is 0 Å². The topological polar surface area (TPSA) is 38.8 Å². The molecule has 1 saturated heterocycles. The van der Waals surface area contributed by atoms with Gasteiger partial charge in [-0.25, -0.2) is 4.79 Å². The smallest absolute Gasteiger partial charge is 0.340 e. The maximum atomic E-state index is 11.7. The molecule has 0 aromatic heterocycles. The zero-order chi connectivity index (χ0) is 12.1. The standard InChI is InChI=1S/C14H24O3/c1-2-16-13(15)14(11-17-14)10-6-9-12-7-4-3-5-8-12/h12H,2-11H2,1H3. The summed E-state index contributed by atoms with van der Waals surface area (Å²) in [5.74, 6) is 0.741. The van der Waals surface area contributed by atoms with Crippen LogP contribution in [-0.2, 0) is 14.3 Å². The molecule has 1 unspecified atom stereocenters. The molecule has 2 rings (SSSR count). The van der Waals surface area contributed by atoms with Crippen molar-refractivity contribution in [3.63, 3.8) is 0 Å². The van der Waals surface area contributed by atoms with Gasteiger partial charge in [-0.15, -0.1) is 0 Å². The van der Waals surface area contributed by atoms with Crippen molar-refractivity contribution in [1.82, 2.24) is 0 Å². The van der Waals surface area contributed by atoms with Crippen LogP contribution in [0.4, 0.5) is 0 Å². The predicted molar refractivity (Wildman–Crippen MR) is 65.7 cm³/mol. The van der Waals surface area contributed by atoms with Crippen molar-refractivity contribution in [1.29, 1.82) is 0 Å². The molecule has 1 saturated carbocycles. The quantitative estimate of drug-likeness (QED) is 0.529. The lowest BCUT2D eigenvalue weighted by molar-refractivity contribution is -0.149. The van der Waals surface area contributed by atoms with Crippen molar-refractivity contribution >= 4 is 5.97 Å². The predicted octanol–water partition coefficient (Wildman–Crippen LogP) is 3.07. The fraction of sp³-hybridized carbons (Fsp3) is 0.929. The molecule has 1 atom stereocenters. The first-order chi connectivity index (χ1) is 8.27. The third kappa shape index (κ3) is 3.44. The zero-order valence-corrected chi connectivity index (χ0v) is 10.9. The number of epoxide rings is 1. The molecule has 0 aromatic rings. The zero-order valence-electron chi connectivity index (χ0n) is 10.9. The maximum Gasteiger partial charge on any atom is 0.340 e. The highest BCUT2D eigenvalue weighted by Gasteiger charge is 2.53. The monoisotopic (exact) mass is 240 g/mol. The molecule has 0 radical (unpaired) electrons. The normalized spacial score (nSPS) is 29.0. The van der Waals surface area contributed by atoms with E-state index < -0.39 is 5.60 Å². The van der Waals surface area contributed by atoms with Gasteiger partial charge in [0, 0.05) is 0 Å². The number of hydrogen-bond donors (Lipinski definition) is 0. The molecule has 3 heteroatoms. The van der Waals surface area contributed by atoms with E-state index in [0.717, 1.165) is 18.8 Å². The Kier molecular flexibility index (Phi) is 4.43. The van der Waals surface area contributed by atoms with Crippen LogP contribution in [0.15, 0.2) is 0 Å². The SMILES string of the molecule is CCOC(=O)C1(CCCC2CCCCC2)CO1. The van der Waals surface area contributed by atoms with Crippen LogP contribution in [0.2, 0.25) is 0 Å². The van der Waals surface area contributed by atoms with Crippen molar-refractivity contribution in [3.8, 4) is 0 Å². The molecule has 2 fully saturated rings. The molecule has 0 aromatic carbocycles. The Labute approximate surface area is 104 Å².